The van der Waals surface area contributed by atoms with Crippen LogP contribution in [-0.4, -0.2) is 80.7 Å². The van der Waals surface area contributed by atoms with Crippen LogP contribution >= 0.6 is 0 Å². The first kappa shape index (κ1) is 30.8. The number of halogens is 6. The number of hydrogen-bond donors (Lipinski definition) is 3. The molecule has 2 atom stereocenters. The number of pyridine rings is 2. The Bertz CT molecular complexity index is 1000. The first-order valence-electron chi connectivity index (χ1n) is 11.2. The number of anilines is 1. The van der Waals surface area contributed by atoms with E-state index < -0.39 is 24.3 Å². The van der Waals surface area contributed by atoms with E-state index >= 15 is 0 Å². The van der Waals surface area contributed by atoms with Gasteiger partial charge in [-0.15, -0.1) is 0 Å². The van der Waals surface area contributed by atoms with Gasteiger partial charge in [-0.05, 0) is 43.0 Å². The summed E-state index contributed by atoms with van der Waals surface area (Å²) in [6.45, 7) is 3.87. The number of carboxylic acid groups (broad SMARTS) is 2. The number of aliphatic carboxylic acids is 2. The summed E-state index contributed by atoms with van der Waals surface area (Å²) in [7, 11) is 0. The number of rotatable bonds is 4. The molecular formula is C23H26F6N4O5. The number of nitrogens with zero attached hydrogens (tertiary/aromatic N) is 3. The van der Waals surface area contributed by atoms with Crippen molar-refractivity contribution in [1.29, 1.82) is 0 Å². The molecule has 9 nitrogen and oxygen atoms in total. The molecule has 2 fully saturated rings. The van der Waals surface area contributed by atoms with Gasteiger partial charge in [0.15, 0.2) is 0 Å². The fraction of sp³-hybridized carbons (Fsp3) is 0.478. The highest BCUT2D eigenvalue weighted by molar-refractivity contribution is 5.73. The molecule has 0 amide bonds. The highest BCUT2D eigenvalue weighted by Gasteiger charge is 2.43. The van der Waals surface area contributed by atoms with Crippen LogP contribution in [0.3, 0.4) is 0 Å². The third kappa shape index (κ3) is 10.5. The minimum atomic E-state index is -5.08. The molecule has 38 heavy (non-hydrogen) atoms. The molecule has 0 bridgehead atoms. The summed E-state index contributed by atoms with van der Waals surface area (Å²) in [6, 6.07) is 10.6. The lowest BCUT2D eigenvalue weighted by Gasteiger charge is -2.38. The largest absolute Gasteiger partial charge is 0.490 e. The number of hydrogen-bond acceptors (Lipinski definition) is 7. The van der Waals surface area contributed by atoms with E-state index in [2.05, 4.69) is 26.3 Å². The van der Waals surface area contributed by atoms with Gasteiger partial charge in [-0.25, -0.2) is 14.6 Å². The molecule has 2 saturated heterocycles. The van der Waals surface area contributed by atoms with E-state index in [0.717, 1.165) is 51.3 Å². The molecule has 0 aromatic carbocycles. The van der Waals surface area contributed by atoms with Crippen LogP contribution in [0.5, 0.6) is 0 Å². The fourth-order valence-corrected chi connectivity index (χ4v) is 3.90. The highest BCUT2D eigenvalue weighted by Crippen LogP contribution is 2.35. The van der Waals surface area contributed by atoms with Crippen LogP contribution in [0, 0.1) is 0 Å². The maximum absolute atomic E-state index is 10.6. The summed E-state index contributed by atoms with van der Waals surface area (Å²) in [6.07, 6.45) is -1.35. The van der Waals surface area contributed by atoms with Crippen LogP contribution in [0.4, 0.5) is 32.2 Å². The Morgan fingerprint density at radius 2 is 1.71 bits per heavy atom. The maximum Gasteiger partial charge on any atom is 0.490 e. The number of ether oxygens (including phenoxy) is 1. The summed E-state index contributed by atoms with van der Waals surface area (Å²) >= 11 is 0. The summed E-state index contributed by atoms with van der Waals surface area (Å²) in [4.78, 5) is 28.9. The minimum Gasteiger partial charge on any atom is -0.475 e. The van der Waals surface area contributed by atoms with E-state index in [0.29, 0.717) is 6.04 Å². The average Bonchev–Trinajstić information content (AvgIpc) is 3.21. The summed E-state index contributed by atoms with van der Waals surface area (Å²) in [5.41, 5.74) is 1.26. The van der Waals surface area contributed by atoms with E-state index in [1.165, 1.54) is 5.56 Å². The summed E-state index contributed by atoms with van der Waals surface area (Å²) in [5.74, 6) is -4.55. The second-order valence-electron chi connectivity index (χ2n) is 8.51. The van der Waals surface area contributed by atoms with Gasteiger partial charge < -0.3 is 20.3 Å². The predicted octanol–water partition coefficient (Wildman–Crippen LogP) is 3.98. The zero-order valence-corrected chi connectivity index (χ0v) is 19.9. The van der Waals surface area contributed by atoms with Crippen LogP contribution in [0.1, 0.15) is 24.8 Å². The Balaban J connectivity index is 0.000000301. The number of alkyl halides is 6. The fourth-order valence-electron chi connectivity index (χ4n) is 3.90. The predicted molar refractivity (Wildman–Crippen MR) is 121 cm³/mol. The lowest BCUT2D eigenvalue weighted by atomic mass is 9.89. The Morgan fingerprint density at radius 1 is 1.05 bits per heavy atom. The molecule has 210 valence electrons. The minimum absolute atomic E-state index is 0.00704. The lowest BCUT2D eigenvalue weighted by molar-refractivity contribution is -0.193. The second kappa shape index (κ2) is 13.4. The number of carboxylic acids is 2. The van der Waals surface area contributed by atoms with Crippen molar-refractivity contribution in [2.75, 3.05) is 25.0 Å². The maximum atomic E-state index is 10.6. The van der Waals surface area contributed by atoms with E-state index in [1.807, 2.05) is 42.9 Å². The highest BCUT2D eigenvalue weighted by atomic mass is 19.4. The standard InChI is InChI=1S/C19H24N4O.2C2HF3O2/c1-2-9-21-18(5-1)22-17-6-11-24-19(12-17)7-10-23(15-19)14-16-4-3-8-20-13-16;2*3-2(4,5)1(6)7/h1-5,8-9,13,17H,6-7,10-12,14-15H2,(H,21,22);2*(H,6,7)/t17-,19-;;/m1../s1. The van der Waals surface area contributed by atoms with Gasteiger partial charge in [-0.3, -0.25) is 9.88 Å². The quantitative estimate of drug-likeness (QED) is 0.483. The molecule has 3 N–H and O–H groups in total. The van der Waals surface area contributed by atoms with Crippen molar-refractivity contribution >= 4 is 17.8 Å². The molecule has 2 aliphatic heterocycles. The van der Waals surface area contributed by atoms with Crippen LogP contribution in [-0.2, 0) is 20.9 Å². The van der Waals surface area contributed by atoms with E-state index in [4.69, 9.17) is 24.5 Å². The van der Waals surface area contributed by atoms with E-state index in [1.54, 1.807) is 0 Å². The van der Waals surface area contributed by atoms with Crippen molar-refractivity contribution in [3.63, 3.8) is 0 Å². The van der Waals surface area contributed by atoms with Crippen molar-refractivity contribution in [1.82, 2.24) is 14.9 Å². The zero-order chi connectivity index (χ0) is 28.4. The van der Waals surface area contributed by atoms with Crippen molar-refractivity contribution in [2.24, 2.45) is 0 Å². The van der Waals surface area contributed by atoms with Gasteiger partial charge in [0.2, 0.25) is 0 Å². The lowest BCUT2D eigenvalue weighted by Crippen LogP contribution is -2.46. The molecule has 0 aliphatic carbocycles. The smallest absolute Gasteiger partial charge is 0.475 e. The number of aromatic nitrogens is 2. The molecule has 15 heteroatoms. The Kier molecular flexibility index (Phi) is 10.8. The number of likely N-dealkylation sites (tertiary alicyclic amines) is 1. The zero-order valence-electron chi connectivity index (χ0n) is 19.9. The van der Waals surface area contributed by atoms with Gasteiger partial charge in [0, 0.05) is 50.9 Å². The molecular weight excluding hydrogens is 526 g/mol. The van der Waals surface area contributed by atoms with Crippen molar-refractivity contribution < 1.29 is 50.9 Å². The van der Waals surface area contributed by atoms with Gasteiger partial charge in [-0.2, -0.15) is 26.3 Å². The summed E-state index contributed by atoms with van der Waals surface area (Å²) in [5, 5.41) is 17.8. The van der Waals surface area contributed by atoms with Crippen LogP contribution < -0.4 is 5.32 Å². The number of nitrogens with one attached hydrogen (secondary N) is 1. The van der Waals surface area contributed by atoms with Crippen molar-refractivity contribution in [2.45, 2.75) is 49.8 Å². The molecule has 2 aromatic rings. The van der Waals surface area contributed by atoms with Crippen molar-refractivity contribution in [3.8, 4) is 0 Å². The molecule has 0 saturated carbocycles. The van der Waals surface area contributed by atoms with Crippen LogP contribution in [0.15, 0.2) is 48.9 Å². The first-order valence-corrected chi connectivity index (χ1v) is 11.2. The van der Waals surface area contributed by atoms with Crippen molar-refractivity contribution in [3.05, 3.63) is 54.5 Å². The van der Waals surface area contributed by atoms with Gasteiger partial charge in [0.1, 0.15) is 5.82 Å². The van der Waals surface area contributed by atoms with Gasteiger partial charge in [0.05, 0.1) is 5.60 Å². The molecule has 0 unspecified atom stereocenters. The van der Waals surface area contributed by atoms with Gasteiger partial charge in [-0.1, -0.05) is 12.1 Å². The van der Waals surface area contributed by atoms with Gasteiger partial charge in [0.25, 0.3) is 0 Å². The normalized spacial score (nSPS) is 21.5. The molecule has 4 rings (SSSR count). The third-order valence-electron chi connectivity index (χ3n) is 5.52. The first-order chi connectivity index (χ1) is 17.7. The molecule has 2 aromatic heterocycles. The van der Waals surface area contributed by atoms with E-state index in [-0.39, 0.29) is 5.60 Å². The topological polar surface area (TPSA) is 125 Å². The van der Waals surface area contributed by atoms with E-state index in [9.17, 15) is 26.3 Å². The molecule has 1 spiro atoms. The Morgan fingerprint density at radius 3 is 2.24 bits per heavy atom. The molecule has 2 aliphatic rings. The molecule has 0 radical (unpaired) electrons. The SMILES string of the molecule is O=C(O)C(F)(F)F.O=C(O)C(F)(F)F.c1ccc(N[C@@H]2CCO[C@]3(CCN(Cc4cccnc4)C3)C2)nc1. The van der Waals surface area contributed by atoms with Crippen LogP contribution in [0.25, 0.3) is 0 Å². The Labute approximate surface area is 213 Å². The molecule has 4 heterocycles. The second-order valence-corrected chi connectivity index (χ2v) is 8.51. The number of carbonyl (C=O) groups is 2. The average molecular weight is 552 g/mol. The van der Waals surface area contributed by atoms with Gasteiger partial charge >= 0.3 is 24.3 Å². The summed E-state index contributed by atoms with van der Waals surface area (Å²) < 4.78 is 69.7. The third-order valence-corrected chi connectivity index (χ3v) is 5.52. The monoisotopic (exact) mass is 552 g/mol. The Hall–Kier alpha value is -3.46. The van der Waals surface area contributed by atoms with Crippen LogP contribution in [0.2, 0.25) is 0 Å².